The first-order chi connectivity index (χ1) is 13.0. The Morgan fingerprint density at radius 3 is 2.14 bits per heavy atom. The molecule has 1 fully saturated rings. The number of hydrogen-bond donors (Lipinski definition) is 1. The number of nitrogens with zero attached hydrogens (tertiary/aromatic N) is 1. The van der Waals surface area contributed by atoms with Crippen molar-refractivity contribution >= 4 is 10.0 Å². The number of sulfonamides is 1. The predicted molar refractivity (Wildman–Crippen MR) is 114 cm³/mol. The van der Waals surface area contributed by atoms with E-state index in [1.165, 1.54) is 10.5 Å². The van der Waals surface area contributed by atoms with Gasteiger partial charge in [-0.25, -0.2) is 8.42 Å². The molecular formula is C23H33N2O2S+. The molecule has 152 valence electrons. The van der Waals surface area contributed by atoms with Gasteiger partial charge in [-0.3, -0.25) is 0 Å². The van der Waals surface area contributed by atoms with E-state index in [2.05, 4.69) is 27.8 Å². The molecule has 5 heteroatoms. The molecule has 1 saturated heterocycles. The molecule has 2 aromatic rings. The minimum Gasteiger partial charge on any atom is -0.335 e. The minimum atomic E-state index is -3.59. The van der Waals surface area contributed by atoms with Crippen LogP contribution in [0.2, 0.25) is 0 Å². The topological polar surface area (TPSA) is 41.8 Å². The Morgan fingerprint density at radius 2 is 1.61 bits per heavy atom. The second-order valence-electron chi connectivity index (χ2n) is 9.14. The molecular weight excluding hydrogens is 368 g/mol. The van der Waals surface area contributed by atoms with Crippen molar-refractivity contribution in [3.8, 4) is 0 Å². The molecule has 28 heavy (non-hydrogen) atoms. The molecule has 2 atom stereocenters. The summed E-state index contributed by atoms with van der Waals surface area (Å²) in [5, 5.41) is 0. The summed E-state index contributed by atoms with van der Waals surface area (Å²) in [6, 6.07) is 14.0. The van der Waals surface area contributed by atoms with Crippen LogP contribution in [-0.2, 0) is 15.4 Å². The number of rotatable bonds is 3. The minimum absolute atomic E-state index is 0.0123. The monoisotopic (exact) mass is 401 g/mol. The van der Waals surface area contributed by atoms with Gasteiger partial charge in [0.25, 0.3) is 0 Å². The highest BCUT2D eigenvalue weighted by Gasteiger charge is 2.39. The lowest BCUT2D eigenvalue weighted by atomic mass is 9.85. The maximum absolute atomic E-state index is 13.8. The zero-order chi connectivity index (χ0) is 20.7. The van der Waals surface area contributed by atoms with E-state index in [1.807, 2.05) is 56.3 Å². The van der Waals surface area contributed by atoms with Crippen LogP contribution < -0.4 is 4.90 Å². The Hall–Kier alpha value is -1.69. The molecule has 2 aromatic carbocycles. The van der Waals surface area contributed by atoms with Gasteiger partial charge in [0.1, 0.15) is 0 Å². The van der Waals surface area contributed by atoms with Crippen molar-refractivity contribution in [2.24, 2.45) is 0 Å². The summed E-state index contributed by atoms with van der Waals surface area (Å²) in [7, 11) is -1.45. The molecule has 3 rings (SSSR count). The molecule has 0 saturated carbocycles. The van der Waals surface area contributed by atoms with E-state index in [-0.39, 0.29) is 11.5 Å². The summed E-state index contributed by atoms with van der Waals surface area (Å²) >= 11 is 0. The third-order valence-electron chi connectivity index (χ3n) is 5.73. The Labute approximate surface area is 170 Å². The van der Waals surface area contributed by atoms with Gasteiger partial charge in [-0.15, -0.1) is 0 Å². The van der Waals surface area contributed by atoms with E-state index in [4.69, 9.17) is 0 Å². The molecule has 0 radical (unpaired) electrons. The van der Waals surface area contributed by atoms with Gasteiger partial charge in [0.05, 0.1) is 37.6 Å². The van der Waals surface area contributed by atoms with Crippen LogP contribution in [0.3, 0.4) is 0 Å². The molecule has 1 heterocycles. The standard InChI is InChI=1S/C23H32N2O2S/c1-17-14-20(23(3,4)5)15-18(2)22(17)28(26,27)25-13-12-24(6)16-21(25)19-10-8-7-9-11-19/h7-11,14-15,21H,12-13,16H2,1-6H3/p+1/t21-/m1/s1. The summed E-state index contributed by atoms with van der Waals surface area (Å²) in [5.74, 6) is 0. The molecule has 0 bridgehead atoms. The molecule has 1 aliphatic rings. The number of likely N-dealkylation sites (N-methyl/N-ethyl adjacent to an activating group) is 1. The van der Waals surface area contributed by atoms with Crippen LogP contribution in [0, 0.1) is 13.8 Å². The lowest BCUT2D eigenvalue weighted by Gasteiger charge is -2.37. The van der Waals surface area contributed by atoms with Gasteiger partial charge >= 0.3 is 0 Å². The second kappa shape index (κ2) is 7.62. The molecule has 0 spiro atoms. The molecule has 0 aliphatic carbocycles. The van der Waals surface area contributed by atoms with Crippen molar-refractivity contribution in [1.29, 1.82) is 0 Å². The van der Waals surface area contributed by atoms with E-state index in [1.54, 1.807) is 4.31 Å². The first-order valence-electron chi connectivity index (χ1n) is 10.0. The van der Waals surface area contributed by atoms with Crippen molar-refractivity contribution in [3.05, 3.63) is 64.7 Å². The van der Waals surface area contributed by atoms with Crippen LogP contribution in [-0.4, -0.2) is 39.4 Å². The van der Waals surface area contributed by atoms with Crippen molar-refractivity contribution < 1.29 is 13.3 Å². The van der Waals surface area contributed by atoms with Gasteiger partial charge in [-0.1, -0.05) is 63.2 Å². The molecule has 0 aromatic heterocycles. The van der Waals surface area contributed by atoms with Gasteiger partial charge in [-0.05, 0) is 41.5 Å². The highest BCUT2D eigenvalue weighted by molar-refractivity contribution is 7.89. The number of benzene rings is 2. The Kier molecular flexibility index (Phi) is 5.72. The fraction of sp³-hybridized carbons (Fsp3) is 0.478. The van der Waals surface area contributed by atoms with Gasteiger partial charge in [0.15, 0.2) is 0 Å². The third-order valence-corrected chi connectivity index (χ3v) is 7.94. The number of nitrogens with one attached hydrogen (secondary N) is 1. The predicted octanol–water partition coefficient (Wildman–Crippen LogP) is 2.86. The van der Waals surface area contributed by atoms with Crippen molar-refractivity contribution in [2.75, 3.05) is 26.7 Å². The van der Waals surface area contributed by atoms with Crippen molar-refractivity contribution in [1.82, 2.24) is 4.31 Å². The van der Waals surface area contributed by atoms with Gasteiger partial charge in [0, 0.05) is 0 Å². The Bertz CT molecular complexity index is 923. The average molecular weight is 402 g/mol. The molecule has 1 N–H and O–H groups in total. The summed E-state index contributed by atoms with van der Waals surface area (Å²) in [6.45, 7) is 12.5. The lowest BCUT2D eigenvalue weighted by molar-refractivity contribution is -0.887. The highest BCUT2D eigenvalue weighted by atomic mass is 32.2. The Morgan fingerprint density at radius 1 is 1.04 bits per heavy atom. The van der Waals surface area contributed by atoms with Crippen LogP contribution in [0.1, 0.15) is 49.1 Å². The fourth-order valence-electron chi connectivity index (χ4n) is 4.15. The highest BCUT2D eigenvalue weighted by Crippen LogP contribution is 2.34. The van der Waals surface area contributed by atoms with E-state index in [9.17, 15) is 8.42 Å². The summed E-state index contributed by atoms with van der Waals surface area (Å²) in [5.41, 5.74) is 3.89. The molecule has 0 amide bonds. The largest absolute Gasteiger partial charge is 0.335 e. The third kappa shape index (κ3) is 4.02. The van der Waals surface area contributed by atoms with Gasteiger partial charge in [0.2, 0.25) is 10.0 Å². The molecule has 4 nitrogen and oxygen atoms in total. The van der Waals surface area contributed by atoms with E-state index < -0.39 is 10.0 Å². The zero-order valence-electron chi connectivity index (χ0n) is 17.9. The van der Waals surface area contributed by atoms with E-state index in [0.29, 0.717) is 11.4 Å². The number of hydrogen-bond acceptors (Lipinski definition) is 2. The van der Waals surface area contributed by atoms with Crippen LogP contribution in [0.25, 0.3) is 0 Å². The first-order valence-corrected chi connectivity index (χ1v) is 11.5. The second-order valence-corrected chi connectivity index (χ2v) is 11.0. The van der Waals surface area contributed by atoms with Gasteiger partial charge < -0.3 is 4.90 Å². The van der Waals surface area contributed by atoms with Crippen molar-refractivity contribution in [2.45, 2.75) is 51.0 Å². The maximum atomic E-state index is 13.8. The van der Waals surface area contributed by atoms with Crippen LogP contribution in [0.4, 0.5) is 0 Å². The number of aryl methyl sites for hydroxylation is 2. The van der Waals surface area contributed by atoms with Crippen LogP contribution >= 0.6 is 0 Å². The quantitative estimate of drug-likeness (QED) is 0.859. The van der Waals surface area contributed by atoms with E-state index >= 15 is 0 Å². The molecule has 1 aliphatic heterocycles. The van der Waals surface area contributed by atoms with Crippen LogP contribution in [0.5, 0.6) is 0 Å². The zero-order valence-corrected chi connectivity index (χ0v) is 18.7. The summed E-state index contributed by atoms with van der Waals surface area (Å²) in [6.07, 6.45) is 0. The maximum Gasteiger partial charge on any atom is 0.244 e. The normalized spacial score (nSPS) is 21.6. The summed E-state index contributed by atoms with van der Waals surface area (Å²) < 4.78 is 29.3. The van der Waals surface area contributed by atoms with Crippen LogP contribution in [0.15, 0.2) is 47.4 Å². The SMILES string of the molecule is Cc1cc(C(C)(C)C)cc(C)c1S(=O)(=O)N1CC[NH+](C)C[C@@H]1c1ccccc1. The average Bonchev–Trinajstić information content (AvgIpc) is 2.60. The smallest absolute Gasteiger partial charge is 0.244 e. The van der Waals surface area contributed by atoms with Crippen molar-refractivity contribution in [3.63, 3.8) is 0 Å². The summed E-state index contributed by atoms with van der Waals surface area (Å²) in [4.78, 5) is 1.83. The number of quaternary nitrogens is 1. The number of piperazine rings is 1. The molecule has 1 unspecified atom stereocenters. The first kappa shape index (κ1) is 21.0. The Balaban J connectivity index is 2.08. The van der Waals surface area contributed by atoms with Gasteiger partial charge in [-0.2, -0.15) is 4.31 Å². The fourth-order valence-corrected chi connectivity index (χ4v) is 6.17. The lowest BCUT2D eigenvalue weighted by Crippen LogP contribution is -3.12. The van der Waals surface area contributed by atoms with E-state index in [0.717, 1.165) is 29.8 Å².